The van der Waals surface area contributed by atoms with E-state index in [9.17, 15) is 14.7 Å². The molecular weight excluding hydrogens is 294 g/mol. The van der Waals surface area contributed by atoms with Gasteiger partial charge in [-0.15, -0.1) is 0 Å². The number of carbonyl (C=O) groups excluding carboxylic acids is 1. The summed E-state index contributed by atoms with van der Waals surface area (Å²) in [6.07, 6.45) is 0.829. The van der Waals surface area contributed by atoms with E-state index in [-0.39, 0.29) is 12.0 Å². The Labute approximate surface area is 137 Å². The lowest BCUT2D eigenvalue weighted by atomic mass is 9.86. The van der Waals surface area contributed by atoms with Gasteiger partial charge in [0.05, 0.1) is 5.92 Å². The number of carboxylic acids is 1. The molecule has 0 spiro atoms. The summed E-state index contributed by atoms with van der Waals surface area (Å²) < 4.78 is 5.37. The van der Waals surface area contributed by atoms with Crippen molar-refractivity contribution in [3.8, 4) is 0 Å². The lowest BCUT2D eigenvalue weighted by molar-refractivity contribution is -0.143. The number of carboxylic acid groups (broad SMARTS) is 1. The van der Waals surface area contributed by atoms with Crippen LogP contribution in [-0.2, 0) is 16.0 Å². The van der Waals surface area contributed by atoms with Crippen LogP contribution < -0.4 is 0 Å². The van der Waals surface area contributed by atoms with E-state index in [0.29, 0.717) is 25.9 Å². The van der Waals surface area contributed by atoms with Crippen LogP contribution in [0.2, 0.25) is 0 Å². The molecule has 1 amide bonds. The first kappa shape index (κ1) is 17.3. The van der Waals surface area contributed by atoms with Crippen LogP contribution in [0.1, 0.15) is 32.8 Å². The van der Waals surface area contributed by atoms with E-state index < -0.39 is 17.5 Å². The van der Waals surface area contributed by atoms with Crippen LogP contribution in [0.5, 0.6) is 0 Å². The predicted molar refractivity (Wildman–Crippen MR) is 87.2 cm³/mol. The molecule has 1 aliphatic heterocycles. The lowest BCUT2D eigenvalue weighted by Gasteiger charge is -2.25. The second-order valence-corrected chi connectivity index (χ2v) is 7.11. The maximum Gasteiger partial charge on any atom is 0.410 e. The number of aliphatic carboxylic acids is 1. The monoisotopic (exact) mass is 319 g/mol. The largest absolute Gasteiger partial charge is 0.481 e. The molecule has 1 aliphatic rings. The molecule has 2 rings (SSSR count). The number of amides is 1. The van der Waals surface area contributed by atoms with Crippen molar-refractivity contribution in [1.82, 2.24) is 4.90 Å². The average molecular weight is 319 g/mol. The van der Waals surface area contributed by atoms with Crippen LogP contribution in [-0.4, -0.2) is 40.8 Å². The minimum atomic E-state index is -0.801. The number of ether oxygens (including phenoxy) is 1. The molecule has 5 heteroatoms. The van der Waals surface area contributed by atoms with Gasteiger partial charge in [0.25, 0.3) is 0 Å². The van der Waals surface area contributed by atoms with E-state index in [0.717, 1.165) is 5.56 Å². The summed E-state index contributed by atoms with van der Waals surface area (Å²) in [4.78, 5) is 25.4. The fourth-order valence-corrected chi connectivity index (χ4v) is 2.93. The summed E-state index contributed by atoms with van der Waals surface area (Å²) in [6, 6.07) is 9.62. The first-order valence-corrected chi connectivity index (χ1v) is 8.01. The van der Waals surface area contributed by atoms with Gasteiger partial charge in [0, 0.05) is 13.1 Å². The third-order valence-corrected chi connectivity index (χ3v) is 4.06. The van der Waals surface area contributed by atoms with Gasteiger partial charge >= 0.3 is 12.1 Å². The molecule has 0 aliphatic carbocycles. The Morgan fingerprint density at radius 3 is 2.52 bits per heavy atom. The summed E-state index contributed by atoms with van der Waals surface area (Å²) in [5.41, 5.74) is 0.474. The van der Waals surface area contributed by atoms with Crippen LogP contribution in [0.25, 0.3) is 0 Å². The SMILES string of the molecule is CC(C)(C)OC(=O)N1CC[C@@H](C(Cc2ccccc2)C(=O)O)C1. The summed E-state index contributed by atoms with van der Waals surface area (Å²) in [5.74, 6) is -1.32. The summed E-state index contributed by atoms with van der Waals surface area (Å²) >= 11 is 0. The third-order valence-electron chi connectivity index (χ3n) is 4.06. The van der Waals surface area contributed by atoms with Gasteiger partial charge in [0.2, 0.25) is 0 Å². The van der Waals surface area contributed by atoms with Crippen molar-refractivity contribution in [3.63, 3.8) is 0 Å². The van der Waals surface area contributed by atoms with Gasteiger partial charge in [-0.1, -0.05) is 30.3 Å². The minimum Gasteiger partial charge on any atom is -0.481 e. The van der Waals surface area contributed by atoms with Gasteiger partial charge in [0.15, 0.2) is 0 Å². The Morgan fingerprint density at radius 1 is 1.30 bits per heavy atom. The van der Waals surface area contributed by atoms with Gasteiger partial charge in [-0.25, -0.2) is 4.79 Å². The van der Waals surface area contributed by atoms with Crippen LogP contribution in [0.15, 0.2) is 30.3 Å². The van der Waals surface area contributed by atoms with E-state index in [1.807, 2.05) is 51.1 Å². The molecule has 126 valence electrons. The molecule has 23 heavy (non-hydrogen) atoms. The van der Waals surface area contributed by atoms with Crippen molar-refractivity contribution in [1.29, 1.82) is 0 Å². The van der Waals surface area contributed by atoms with Gasteiger partial charge in [-0.05, 0) is 45.1 Å². The quantitative estimate of drug-likeness (QED) is 0.925. The van der Waals surface area contributed by atoms with Crippen LogP contribution in [0.4, 0.5) is 4.79 Å². The van der Waals surface area contributed by atoms with Gasteiger partial charge in [-0.2, -0.15) is 0 Å². The second kappa shape index (κ2) is 7.02. The zero-order valence-electron chi connectivity index (χ0n) is 14.0. The Morgan fingerprint density at radius 2 is 1.96 bits per heavy atom. The maximum atomic E-state index is 12.1. The molecule has 1 unspecified atom stereocenters. The van der Waals surface area contributed by atoms with E-state index in [1.54, 1.807) is 4.90 Å². The Bertz CT molecular complexity index is 550. The van der Waals surface area contributed by atoms with Crippen molar-refractivity contribution in [3.05, 3.63) is 35.9 Å². The average Bonchev–Trinajstić information content (AvgIpc) is 2.93. The number of rotatable bonds is 4. The fraction of sp³-hybridized carbons (Fsp3) is 0.556. The van der Waals surface area contributed by atoms with Crippen molar-refractivity contribution in [2.45, 2.75) is 39.2 Å². The van der Waals surface area contributed by atoms with Crippen molar-refractivity contribution >= 4 is 12.1 Å². The van der Waals surface area contributed by atoms with E-state index >= 15 is 0 Å². The molecule has 0 aromatic heterocycles. The second-order valence-electron chi connectivity index (χ2n) is 7.11. The highest BCUT2D eigenvalue weighted by atomic mass is 16.6. The standard InChI is InChI=1S/C18H25NO4/c1-18(2,3)23-17(22)19-10-9-14(12-19)15(16(20)21)11-13-7-5-4-6-8-13/h4-8,14-15H,9-12H2,1-3H3,(H,20,21)/t14-,15?/m1/s1. The molecule has 1 N–H and O–H groups in total. The Balaban J connectivity index is 1.99. The molecule has 1 saturated heterocycles. The zero-order valence-corrected chi connectivity index (χ0v) is 14.0. The van der Waals surface area contributed by atoms with E-state index in [4.69, 9.17) is 4.74 Å². The molecule has 0 radical (unpaired) electrons. The topological polar surface area (TPSA) is 66.8 Å². The van der Waals surface area contributed by atoms with Crippen molar-refractivity contribution in [2.24, 2.45) is 11.8 Å². The fourth-order valence-electron chi connectivity index (χ4n) is 2.93. The number of likely N-dealkylation sites (tertiary alicyclic amines) is 1. The van der Waals surface area contributed by atoms with Gasteiger partial charge in [-0.3, -0.25) is 4.79 Å². The normalized spacial score (nSPS) is 19.4. The van der Waals surface area contributed by atoms with Crippen LogP contribution in [0.3, 0.4) is 0 Å². The van der Waals surface area contributed by atoms with Crippen molar-refractivity contribution in [2.75, 3.05) is 13.1 Å². The molecule has 1 aromatic rings. The highest BCUT2D eigenvalue weighted by Gasteiger charge is 2.37. The van der Waals surface area contributed by atoms with Crippen LogP contribution in [0, 0.1) is 11.8 Å². The molecule has 1 heterocycles. The van der Waals surface area contributed by atoms with Gasteiger partial charge in [0.1, 0.15) is 5.60 Å². The van der Waals surface area contributed by atoms with Crippen LogP contribution >= 0.6 is 0 Å². The number of hydrogen-bond donors (Lipinski definition) is 1. The highest BCUT2D eigenvalue weighted by molar-refractivity contribution is 5.72. The summed E-state index contributed by atoms with van der Waals surface area (Å²) in [7, 11) is 0. The molecule has 2 atom stereocenters. The lowest BCUT2D eigenvalue weighted by Crippen LogP contribution is -2.36. The maximum absolute atomic E-state index is 12.1. The number of hydrogen-bond acceptors (Lipinski definition) is 3. The summed E-state index contributed by atoms with van der Waals surface area (Å²) in [5, 5.41) is 9.57. The Kier molecular flexibility index (Phi) is 5.29. The van der Waals surface area contributed by atoms with E-state index in [2.05, 4.69) is 0 Å². The smallest absolute Gasteiger partial charge is 0.410 e. The third kappa shape index (κ3) is 4.98. The molecule has 0 bridgehead atoms. The number of carbonyl (C=O) groups is 2. The minimum absolute atomic E-state index is 0.0415. The number of benzene rings is 1. The first-order chi connectivity index (χ1) is 10.8. The predicted octanol–water partition coefficient (Wildman–Crippen LogP) is 3.19. The highest BCUT2D eigenvalue weighted by Crippen LogP contribution is 2.28. The molecular formula is C18H25NO4. The molecule has 1 aromatic carbocycles. The molecule has 0 saturated carbocycles. The van der Waals surface area contributed by atoms with Crippen molar-refractivity contribution < 1.29 is 19.4 Å². The zero-order chi connectivity index (χ0) is 17.0. The Hall–Kier alpha value is -2.04. The van der Waals surface area contributed by atoms with E-state index in [1.165, 1.54) is 0 Å². The number of nitrogens with zero attached hydrogens (tertiary/aromatic N) is 1. The molecule has 1 fully saturated rings. The first-order valence-electron chi connectivity index (χ1n) is 8.01. The molecule has 5 nitrogen and oxygen atoms in total. The summed E-state index contributed by atoms with van der Waals surface area (Å²) in [6.45, 7) is 6.48. The van der Waals surface area contributed by atoms with Gasteiger partial charge < -0.3 is 14.7 Å².